The van der Waals surface area contributed by atoms with Gasteiger partial charge in [-0.2, -0.15) is 0 Å². The summed E-state index contributed by atoms with van der Waals surface area (Å²) in [7, 11) is 0. The van der Waals surface area contributed by atoms with Crippen LogP contribution in [0.15, 0.2) is 22.0 Å². The summed E-state index contributed by atoms with van der Waals surface area (Å²) >= 11 is 1.82. The molecule has 0 spiro atoms. The standard InChI is InChI=1S/C8H14S/c1-5-7(3)9-8(4)6-2/h5-6H,1-4H3/b7-5-,8-6+. The zero-order valence-corrected chi connectivity index (χ0v) is 7.38. The van der Waals surface area contributed by atoms with Crippen molar-refractivity contribution < 1.29 is 0 Å². The fourth-order valence-electron chi connectivity index (χ4n) is 0.372. The third kappa shape index (κ3) is 4.34. The van der Waals surface area contributed by atoms with Gasteiger partial charge >= 0.3 is 0 Å². The van der Waals surface area contributed by atoms with Crippen molar-refractivity contribution in [3.05, 3.63) is 22.0 Å². The Labute approximate surface area is 62.0 Å². The molecule has 0 fully saturated rings. The Balaban J connectivity index is 3.75. The molecule has 0 aliphatic heterocycles. The highest BCUT2D eigenvalue weighted by Crippen LogP contribution is 2.23. The molecule has 0 rings (SSSR count). The molecule has 0 unspecified atom stereocenters. The van der Waals surface area contributed by atoms with E-state index >= 15 is 0 Å². The molecule has 0 atom stereocenters. The lowest BCUT2D eigenvalue weighted by Crippen LogP contribution is -1.66. The third-order valence-corrected chi connectivity index (χ3v) is 2.25. The largest absolute Gasteiger partial charge is 0.100 e. The second-order valence-corrected chi connectivity index (χ2v) is 3.39. The summed E-state index contributed by atoms with van der Waals surface area (Å²) in [4.78, 5) is 2.73. The SMILES string of the molecule is C/C=C(/C)S/C(C)=C/C. The molecular formula is C8H14S. The molecule has 0 aromatic heterocycles. The zero-order valence-electron chi connectivity index (χ0n) is 6.56. The molecule has 0 saturated carbocycles. The monoisotopic (exact) mass is 142 g/mol. The maximum absolute atomic E-state index is 2.12. The van der Waals surface area contributed by atoms with E-state index in [0.29, 0.717) is 0 Å². The van der Waals surface area contributed by atoms with Gasteiger partial charge in [0.2, 0.25) is 0 Å². The molecule has 0 aromatic carbocycles. The van der Waals surface area contributed by atoms with Crippen LogP contribution in [-0.4, -0.2) is 0 Å². The van der Waals surface area contributed by atoms with Crippen molar-refractivity contribution in [2.24, 2.45) is 0 Å². The molecule has 9 heavy (non-hydrogen) atoms. The zero-order chi connectivity index (χ0) is 7.28. The van der Waals surface area contributed by atoms with Crippen molar-refractivity contribution in [3.63, 3.8) is 0 Å². The van der Waals surface area contributed by atoms with Gasteiger partial charge in [-0.25, -0.2) is 0 Å². The highest BCUT2D eigenvalue weighted by Gasteiger charge is 1.88. The lowest BCUT2D eigenvalue weighted by molar-refractivity contribution is 1.56. The number of rotatable bonds is 2. The van der Waals surface area contributed by atoms with E-state index in [9.17, 15) is 0 Å². The summed E-state index contributed by atoms with van der Waals surface area (Å²) in [6.07, 6.45) is 4.25. The fraction of sp³-hybridized carbons (Fsp3) is 0.500. The summed E-state index contributed by atoms with van der Waals surface area (Å²) in [5.74, 6) is 0. The van der Waals surface area contributed by atoms with Crippen LogP contribution in [-0.2, 0) is 0 Å². The molecule has 0 aromatic rings. The Kier molecular flexibility index (Phi) is 4.60. The van der Waals surface area contributed by atoms with Crippen LogP contribution in [0, 0.1) is 0 Å². The molecule has 0 aliphatic rings. The van der Waals surface area contributed by atoms with Gasteiger partial charge in [-0.15, -0.1) is 11.8 Å². The maximum Gasteiger partial charge on any atom is -0.0180 e. The van der Waals surface area contributed by atoms with Crippen LogP contribution < -0.4 is 0 Å². The van der Waals surface area contributed by atoms with E-state index in [1.807, 2.05) is 11.8 Å². The molecule has 0 saturated heterocycles. The van der Waals surface area contributed by atoms with Crippen molar-refractivity contribution in [3.8, 4) is 0 Å². The summed E-state index contributed by atoms with van der Waals surface area (Å²) in [5, 5.41) is 0. The van der Waals surface area contributed by atoms with E-state index in [4.69, 9.17) is 0 Å². The Hall–Kier alpha value is -0.170. The second kappa shape index (κ2) is 4.68. The molecule has 52 valence electrons. The van der Waals surface area contributed by atoms with E-state index < -0.39 is 0 Å². The van der Waals surface area contributed by atoms with Crippen molar-refractivity contribution in [2.45, 2.75) is 27.7 Å². The molecule has 0 amide bonds. The van der Waals surface area contributed by atoms with Gasteiger partial charge < -0.3 is 0 Å². The van der Waals surface area contributed by atoms with E-state index in [0.717, 1.165) is 0 Å². The van der Waals surface area contributed by atoms with Crippen LogP contribution in [0.4, 0.5) is 0 Å². The molecular weight excluding hydrogens is 128 g/mol. The summed E-state index contributed by atoms with van der Waals surface area (Å²) < 4.78 is 0. The van der Waals surface area contributed by atoms with Gasteiger partial charge in [0.25, 0.3) is 0 Å². The highest BCUT2D eigenvalue weighted by molar-refractivity contribution is 8.06. The molecule has 0 radical (unpaired) electrons. The normalized spacial score (nSPS) is 14.2. The molecule has 0 N–H and O–H groups in total. The van der Waals surface area contributed by atoms with Gasteiger partial charge in [-0.05, 0) is 37.5 Å². The van der Waals surface area contributed by atoms with Gasteiger partial charge in [0.1, 0.15) is 0 Å². The van der Waals surface area contributed by atoms with Crippen LogP contribution >= 0.6 is 11.8 Å². The highest BCUT2D eigenvalue weighted by atomic mass is 32.2. The van der Waals surface area contributed by atoms with Crippen molar-refractivity contribution >= 4 is 11.8 Å². The minimum absolute atomic E-state index is 1.37. The van der Waals surface area contributed by atoms with Crippen molar-refractivity contribution in [1.29, 1.82) is 0 Å². The summed E-state index contributed by atoms with van der Waals surface area (Å²) in [6, 6.07) is 0. The first-order valence-corrected chi connectivity index (χ1v) is 3.96. The minimum atomic E-state index is 1.37. The Morgan fingerprint density at radius 2 is 1.33 bits per heavy atom. The number of allylic oxidation sites excluding steroid dienone is 4. The van der Waals surface area contributed by atoms with Crippen LogP contribution in [0.3, 0.4) is 0 Å². The molecule has 0 nitrogen and oxygen atoms in total. The number of hydrogen-bond acceptors (Lipinski definition) is 1. The Bertz CT molecular complexity index is 116. The Morgan fingerprint density at radius 1 is 1.00 bits per heavy atom. The Morgan fingerprint density at radius 3 is 1.56 bits per heavy atom. The molecule has 0 heterocycles. The topological polar surface area (TPSA) is 0 Å². The van der Waals surface area contributed by atoms with Gasteiger partial charge in [0, 0.05) is 0 Å². The fourth-order valence-corrected chi connectivity index (χ4v) is 1.12. The van der Waals surface area contributed by atoms with Crippen LogP contribution in [0.25, 0.3) is 0 Å². The lowest BCUT2D eigenvalue weighted by Gasteiger charge is -1.97. The second-order valence-electron chi connectivity index (χ2n) is 1.90. The summed E-state index contributed by atoms with van der Waals surface area (Å²) in [6.45, 7) is 8.37. The lowest BCUT2D eigenvalue weighted by atomic mass is 10.6. The first-order valence-electron chi connectivity index (χ1n) is 3.14. The van der Waals surface area contributed by atoms with Crippen LogP contribution in [0.5, 0.6) is 0 Å². The van der Waals surface area contributed by atoms with Gasteiger partial charge in [-0.3, -0.25) is 0 Å². The van der Waals surface area contributed by atoms with E-state index in [1.54, 1.807) is 0 Å². The summed E-state index contributed by atoms with van der Waals surface area (Å²) in [5.41, 5.74) is 0. The third-order valence-electron chi connectivity index (χ3n) is 1.14. The van der Waals surface area contributed by atoms with Crippen molar-refractivity contribution in [1.82, 2.24) is 0 Å². The van der Waals surface area contributed by atoms with Crippen molar-refractivity contribution in [2.75, 3.05) is 0 Å². The van der Waals surface area contributed by atoms with Crippen LogP contribution in [0.1, 0.15) is 27.7 Å². The smallest absolute Gasteiger partial charge is 0.0180 e. The maximum atomic E-state index is 2.12. The van der Waals surface area contributed by atoms with Gasteiger partial charge in [0.15, 0.2) is 0 Å². The van der Waals surface area contributed by atoms with E-state index in [2.05, 4.69) is 39.8 Å². The quantitative estimate of drug-likeness (QED) is 0.568. The minimum Gasteiger partial charge on any atom is -0.100 e. The molecule has 1 heteroatoms. The average molecular weight is 142 g/mol. The molecule has 0 aliphatic carbocycles. The number of thioether (sulfide) groups is 1. The van der Waals surface area contributed by atoms with Crippen LogP contribution in [0.2, 0.25) is 0 Å². The molecule has 0 bridgehead atoms. The van der Waals surface area contributed by atoms with E-state index in [1.165, 1.54) is 9.81 Å². The first-order chi connectivity index (χ1) is 4.20. The van der Waals surface area contributed by atoms with Gasteiger partial charge in [0.05, 0.1) is 0 Å². The first kappa shape index (κ1) is 8.83. The number of hydrogen-bond donors (Lipinski definition) is 0. The average Bonchev–Trinajstić information content (AvgIpc) is 1.87. The van der Waals surface area contributed by atoms with E-state index in [-0.39, 0.29) is 0 Å². The predicted molar refractivity (Wildman–Crippen MR) is 46.5 cm³/mol. The van der Waals surface area contributed by atoms with Gasteiger partial charge in [-0.1, -0.05) is 12.2 Å². The predicted octanol–water partition coefficient (Wildman–Crippen LogP) is 3.57.